The molecule has 4 heteroatoms. The smallest absolute Gasteiger partial charge is 0.0880 e. The van der Waals surface area contributed by atoms with E-state index in [4.69, 9.17) is 4.98 Å². The number of rotatable bonds is 5. The van der Waals surface area contributed by atoms with Gasteiger partial charge >= 0.3 is 0 Å². The van der Waals surface area contributed by atoms with Gasteiger partial charge in [-0.1, -0.05) is 113 Å². The van der Waals surface area contributed by atoms with Crippen LogP contribution in [0.25, 0.3) is 42.2 Å². The maximum absolute atomic E-state index is 5.23. The molecular weight excluding hydrogens is 499 g/mol. The number of nitrogens with zero attached hydrogens (tertiary/aromatic N) is 1. The number of hydrogen-bond acceptors (Lipinski definition) is 2. The van der Waals surface area contributed by atoms with Gasteiger partial charge in [0.1, 0.15) is 0 Å². The van der Waals surface area contributed by atoms with E-state index in [1.54, 1.807) is 0 Å². The third kappa shape index (κ3) is 4.62. The second kappa shape index (κ2) is 9.18. The van der Waals surface area contributed by atoms with Crippen LogP contribution in [0.5, 0.6) is 0 Å². The van der Waals surface area contributed by atoms with E-state index >= 15 is 0 Å². The molecule has 0 spiro atoms. The van der Waals surface area contributed by atoms with Crippen LogP contribution in [-0.4, -0.2) is 21.1 Å². The number of benzene rings is 3. The summed E-state index contributed by atoms with van der Waals surface area (Å²) in [5, 5.41) is 8.67. The van der Waals surface area contributed by atoms with Crippen molar-refractivity contribution in [3.8, 4) is 11.3 Å². The lowest BCUT2D eigenvalue weighted by Gasteiger charge is -2.22. The summed E-state index contributed by atoms with van der Waals surface area (Å²) >= 11 is 1.98. The van der Waals surface area contributed by atoms with E-state index < -0.39 is 16.1 Å². The van der Waals surface area contributed by atoms with Gasteiger partial charge in [-0.05, 0) is 46.0 Å². The third-order valence-electron chi connectivity index (χ3n) is 8.31. The number of aromatic nitrogens is 1. The molecule has 0 aliphatic heterocycles. The van der Waals surface area contributed by atoms with Crippen LogP contribution in [0.2, 0.25) is 39.3 Å². The van der Waals surface area contributed by atoms with Crippen LogP contribution in [0, 0.1) is 5.92 Å². The Morgan fingerprint density at radius 3 is 2.27 bits per heavy atom. The highest BCUT2D eigenvalue weighted by molar-refractivity contribution is 7.26. The quantitative estimate of drug-likeness (QED) is 0.204. The van der Waals surface area contributed by atoms with Crippen LogP contribution in [0.1, 0.15) is 31.2 Å². The SMILES string of the molecule is C[Si](C)(C)c1cc(-c2ncc([Si](C)(C)C)c3c2sc2cc(CC4CCCC4)ccc23)cc2ccccc12. The second-order valence-corrected chi connectivity index (χ2v) is 24.4. The van der Waals surface area contributed by atoms with Gasteiger partial charge in [0.05, 0.1) is 26.5 Å². The van der Waals surface area contributed by atoms with Crippen molar-refractivity contribution >= 4 is 68.8 Å². The van der Waals surface area contributed by atoms with E-state index in [1.807, 2.05) is 11.3 Å². The molecule has 0 bridgehead atoms. The minimum Gasteiger partial charge on any atom is -0.255 e. The molecule has 1 fully saturated rings. The van der Waals surface area contributed by atoms with Gasteiger partial charge in [-0.15, -0.1) is 11.3 Å². The van der Waals surface area contributed by atoms with Gasteiger partial charge in [0, 0.05) is 27.2 Å². The Morgan fingerprint density at radius 1 is 0.811 bits per heavy atom. The summed E-state index contributed by atoms with van der Waals surface area (Å²) in [6.45, 7) is 14.8. The predicted molar refractivity (Wildman–Crippen MR) is 172 cm³/mol. The first-order valence-corrected chi connectivity index (χ1v) is 21.8. The third-order valence-corrected chi connectivity index (χ3v) is 13.5. The lowest BCUT2D eigenvalue weighted by atomic mass is 9.97. The molecule has 6 rings (SSSR count). The maximum Gasteiger partial charge on any atom is 0.0880 e. The van der Waals surface area contributed by atoms with Crippen molar-refractivity contribution in [3.63, 3.8) is 0 Å². The van der Waals surface area contributed by atoms with Gasteiger partial charge in [0.25, 0.3) is 0 Å². The van der Waals surface area contributed by atoms with E-state index in [1.165, 1.54) is 90.2 Å². The fourth-order valence-electron chi connectivity index (χ4n) is 6.34. The molecule has 3 aromatic carbocycles. The molecule has 37 heavy (non-hydrogen) atoms. The standard InChI is InChI=1S/C33H39NSSi2/c1-36(2,3)29-20-25(19-24-13-9-10-14-26(24)29)32-33-31(30(21-34-32)37(4,5)6)27-16-15-23(18-28(27)35-33)17-22-11-7-8-12-22/h9-10,13-16,18-22H,7-8,11-12,17H2,1-6H3. The fourth-order valence-corrected chi connectivity index (χ4v) is 10.8. The highest BCUT2D eigenvalue weighted by Gasteiger charge is 2.26. The van der Waals surface area contributed by atoms with Gasteiger partial charge in [-0.25, -0.2) is 0 Å². The first-order chi connectivity index (χ1) is 17.6. The highest BCUT2D eigenvalue weighted by Crippen LogP contribution is 2.40. The van der Waals surface area contributed by atoms with Crippen LogP contribution < -0.4 is 10.4 Å². The predicted octanol–water partition coefficient (Wildman–Crippen LogP) is 9.09. The molecule has 0 unspecified atom stereocenters. The Kier molecular flexibility index (Phi) is 6.21. The molecule has 2 heterocycles. The Balaban J connectivity index is 1.60. The van der Waals surface area contributed by atoms with Gasteiger partial charge in [-0.3, -0.25) is 4.98 Å². The van der Waals surface area contributed by atoms with Crippen LogP contribution in [0.4, 0.5) is 0 Å². The normalized spacial score (nSPS) is 15.4. The summed E-state index contributed by atoms with van der Waals surface area (Å²) in [6, 6.07) is 21.1. The van der Waals surface area contributed by atoms with Crippen molar-refractivity contribution in [2.24, 2.45) is 5.92 Å². The topological polar surface area (TPSA) is 12.9 Å². The Bertz CT molecular complexity index is 1630. The number of pyridine rings is 1. The summed E-state index contributed by atoms with van der Waals surface area (Å²) in [7, 11) is -3.12. The number of hydrogen-bond donors (Lipinski definition) is 0. The number of thiophene rings is 1. The Labute approximate surface area is 228 Å². The lowest BCUT2D eigenvalue weighted by molar-refractivity contribution is 0.547. The average molecular weight is 538 g/mol. The zero-order valence-corrected chi connectivity index (χ0v) is 26.1. The van der Waals surface area contributed by atoms with Gasteiger partial charge in [0.2, 0.25) is 0 Å². The second-order valence-electron chi connectivity index (χ2n) is 13.3. The van der Waals surface area contributed by atoms with Crippen molar-refractivity contribution in [1.29, 1.82) is 0 Å². The zero-order valence-electron chi connectivity index (χ0n) is 23.2. The lowest BCUT2D eigenvalue weighted by Crippen LogP contribution is -2.38. The van der Waals surface area contributed by atoms with E-state index in [0.717, 1.165) is 5.92 Å². The van der Waals surface area contributed by atoms with Crippen LogP contribution in [0.3, 0.4) is 0 Å². The average Bonchev–Trinajstić information content (AvgIpc) is 3.49. The van der Waals surface area contributed by atoms with E-state index in [9.17, 15) is 0 Å². The minimum absolute atomic E-state index is 0.874. The Morgan fingerprint density at radius 2 is 1.54 bits per heavy atom. The van der Waals surface area contributed by atoms with Crippen molar-refractivity contribution in [3.05, 3.63) is 66.4 Å². The maximum atomic E-state index is 5.23. The molecule has 1 saturated carbocycles. The molecule has 0 atom stereocenters. The van der Waals surface area contributed by atoms with Crippen molar-refractivity contribution < 1.29 is 0 Å². The molecule has 0 radical (unpaired) electrons. The highest BCUT2D eigenvalue weighted by atomic mass is 32.1. The molecule has 0 amide bonds. The van der Waals surface area contributed by atoms with E-state index in [-0.39, 0.29) is 0 Å². The fraction of sp³-hybridized carbons (Fsp3) is 0.364. The molecule has 5 aromatic rings. The van der Waals surface area contributed by atoms with Gasteiger partial charge < -0.3 is 0 Å². The monoisotopic (exact) mass is 537 g/mol. The summed E-state index contributed by atoms with van der Waals surface area (Å²) < 4.78 is 2.82. The molecule has 0 saturated heterocycles. The molecule has 2 aromatic heterocycles. The molecular formula is C33H39NSSi2. The van der Waals surface area contributed by atoms with Crippen molar-refractivity contribution in [2.45, 2.75) is 71.4 Å². The van der Waals surface area contributed by atoms with E-state index in [0.29, 0.717) is 0 Å². The molecule has 0 N–H and O–H groups in total. The van der Waals surface area contributed by atoms with Crippen LogP contribution >= 0.6 is 11.3 Å². The van der Waals surface area contributed by atoms with Gasteiger partial charge in [0.15, 0.2) is 0 Å². The van der Waals surface area contributed by atoms with Crippen LogP contribution in [0.15, 0.2) is 60.8 Å². The molecule has 1 aliphatic rings. The zero-order chi connectivity index (χ0) is 25.9. The summed E-state index contributed by atoms with van der Waals surface area (Å²) in [5.74, 6) is 0.874. The van der Waals surface area contributed by atoms with Crippen molar-refractivity contribution in [2.75, 3.05) is 0 Å². The largest absolute Gasteiger partial charge is 0.255 e. The van der Waals surface area contributed by atoms with Gasteiger partial charge in [-0.2, -0.15) is 0 Å². The summed E-state index contributed by atoms with van der Waals surface area (Å²) in [4.78, 5) is 5.23. The van der Waals surface area contributed by atoms with Crippen molar-refractivity contribution in [1.82, 2.24) is 4.98 Å². The minimum atomic E-state index is -1.58. The molecule has 1 nitrogen and oxygen atoms in total. The molecule has 190 valence electrons. The molecule has 1 aliphatic carbocycles. The first kappa shape index (κ1) is 25.0. The summed E-state index contributed by atoms with van der Waals surface area (Å²) in [6.07, 6.45) is 9.09. The summed E-state index contributed by atoms with van der Waals surface area (Å²) in [5.41, 5.74) is 3.96. The first-order valence-electron chi connectivity index (χ1n) is 14.0. The van der Waals surface area contributed by atoms with Crippen LogP contribution in [-0.2, 0) is 6.42 Å². The number of fused-ring (bicyclic) bond motifs is 4. The van der Waals surface area contributed by atoms with E-state index in [2.05, 4.69) is 100 Å². The Hall–Kier alpha value is -2.28.